The Morgan fingerprint density at radius 3 is 2.11 bits per heavy atom. The number of methoxy groups -OCH3 is 1. The van der Waals surface area contributed by atoms with Crippen LogP contribution in [0.1, 0.15) is 15.9 Å². The van der Waals surface area contributed by atoms with Gasteiger partial charge in [-0.3, -0.25) is 4.79 Å². The van der Waals surface area contributed by atoms with Crippen molar-refractivity contribution < 1.29 is 9.53 Å². The minimum atomic E-state index is -0.584. The maximum Gasteiger partial charge on any atom is 0.254 e. The van der Waals surface area contributed by atoms with Gasteiger partial charge in [-0.15, -0.1) is 0 Å². The molecule has 0 saturated carbocycles. The van der Waals surface area contributed by atoms with Crippen LogP contribution < -0.4 is 4.74 Å². The summed E-state index contributed by atoms with van der Waals surface area (Å²) in [6.45, 7) is 2.08. The van der Waals surface area contributed by atoms with Crippen LogP contribution in [0, 0.1) is 6.92 Å². The molecule has 100 valence electrons. The van der Waals surface area contributed by atoms with Gasteiger partial charge in [0.25, 0.3) is 5.24 Å². The standard InChI is InChI=1S/C8H6Cl2O2.C7H8/c1-12-6-4-2-3-5(7(6)9)8(10)11;1-7-5-3-2-4-6-7/h2-4H,1H3;2-6H,1H3. The summed E-state index contributed by atoms with van der Waals surface area (Å²) in [5.41, 5.74) is 1.58. The fraction of sp³-hybridized carbons (Fsp3) is 0.133. The number of hydrogen-bond donors (Lipinski definition) is 0. The van der Waals surface area contributed by atoms with Crippen molar-refractivity contribution >= 4 is 28.4 Å². The van der Waals surface area contributed by atoms with Crippen LogP contribution in [0.4, 0.5) is 0 Å². The SMILES string of the molecule is COc1cccc(C(=O)Cl)c1Cl.Cc1ccccc1. The van der Waals surface area contributed by atoms with Gasteiger partial charge in [0.1, 0.15) is 5.75 Å². The van der Waals surface area contributed by atoms with Crippen LogP contribution in [-0.4, -0.2) is 12.4 Å². The van der Waals surface area contributed by atoms with Gasteiger partial charge in [-0.2, -0.15) is 0 Å². The first kappa shape index (κ1) is 15.5. The van der Waals surface area contributed by atoms with Crippen LogP contribution in [0.3, 0.4) is 0 Å². The van der Waals surface area contributed by atoms with Crippen LogP contribution >= 0.6 is 23.2 Å². The first-order valence-electron chi connectivity index (χ1n) is 5.60. The van der Waals surface area contributed by atoms with Gasteiger partial charge in [0.2, 0.25) is 0 Å². The molecule has 0 aliphatic rings. The van der Waals surface area contributed by atoms with Gasteiger partial charge in [0.15, 0.2) is 0 Å². The predicted molar refractivity (Wildman–Crippen MR) is 79.4 cm³/mol. The Hall–Kier alpha value is -1.51. The van der Waals surface area contributed by atoms with E-state index in [0.717, 1.165) is 0 Å². The van der Waals surface area contributed by atoms with Crippen molar-refractivity contribution in [2.75, 3.05) is 7.11 Å². The van der Waals surface area contributed by atoms with E-state index in [-0.39, 0.29) is 10.6 Å². The van der Waals surface area contributed by atoms with E-state index in [1.54, 1.807) is 18.2 Å². The minimum Gasteiger partial charge on any atom is -0.495 e. The molecule has 2 nitrogen and oxygen atoms in total. The quantitative estimate of drug-likeness (QED) is 0.749. The average molecular weight is 297 g/mol. The number of benzene rings is 2. The molecule has 0 heterocycles. The molecule has 0 aliphatic heterocycles. The normalized spacial score (nSPS) is 9.26. The monoisotopic (exact) mass is 296 g/mol. The van der Waals surface area contributed by atoms with Crippen molar-refractivity contribution in [2.24, 2.45) is 0 Å². The molecule has 0 bridgehead atoms. The summed E-state index contributed by atoms with van der Waals surface area (Å²) in [4.78, 5) is 10.8. The summed E-state index contributed by atoms with van der Waals surface area (Å²) in [6, 6.07) is 15.1. The highest BCUT2D eigenvalue weighted by atomic mass is 35.5. The lowest BCUT2D eigenvalue weighted by atomic mass is 10.2. The van der Waals surface area contributed by atoms with Gasteiger partial charge >= 0.3 is 0 Å². The molecule has 4 heteroatoms. The van der Waals surface area contributed by atoms with E-state index in [1.165, 1.54) is 12.7 Å². The maximum atomic E-state index is 10.8. The number of carbonyl (C=O) groups excluding carboxylic acids is 1. The molecule has 0 N–H and O–H groups in total. The Morgan fingerprint density at radius 1 is 1.05 bits per heavy atom. The molecule has 2 aromatic rings. The van der Waals surface area contributed by atoms with Gasteiger partial charge < -0.3 is 4.74 Å². The zero-order valence-corrected chi connectivity index (χ0v) is 12.2. The summed E-state index contributed by atoms with van der Waals surface area (Å²) in [5, 5.41) is -0.334. The lowest BCUT2D eigenvalue weighted by molar-refractivity contribution is 0.108. The highest BCUT2D eigenvalue weighted by molar-refractivity contribution is 6.68. The van der Waals surface area contributed by atoms with Crippen LogP contribution in [0.2, 0.25) is 5.02 Å². The molecule has 19 heavy (non-hydrogen) atoms. The van der Waals surface area contributed by atoms with Crippen molar-refractivity contribution in [3.63, 3.8) is 0 Å². The van der Waals surface area contributed by atoms with E-state index in [1.807, 2.05) is 18.2 Å². The third-order valence-electron chi connectivity index (χ3n) is 2.34. The molecule has 0 fully saturated rings. The smallest absolute Gasteiger partial charge is 0.254 e. The Kier molecular flexibility index (Phi) is 6.40. The van der Waals surface area contributed by atoms with Gasteiger partial charge in [-0.25, -0.2) is 0 Å². The lowest BCUT2D eigenvalue weighted by Gasteiger charge is -2.04. The molecule has 0 unspecified atom stereocenters. The summed E-state index contributed by atoms with van der Waals surface area (Å²) in [5.74, 6) is 0.447. The van der Waals surface area contributed by atoms with Crippen molar-refractivity contribution in [1.82, 2.24) is 0 Å². The van der Waals surface area contributed by atoms with Gasteiger partial charge in [0.05, 0.1) is 17.7 Å². The minimum absolute atomic E-state index is 0.250. The second-order valence-corrected chi connectivity index (χ2v) is 4.47. The summed E-state index contributed by atoms with van der Waals surface area (Å²) >= 11 is 11.0. The van der Waals surface area contributed by atoms with E-state index in [4.69, 9.17) is 27.9 Å². The molecule has 2 rings (SSSR count). The van der Waals surface area contributed by atoms with Crippen molar-refractivity contribution in [2.45, 2.75) is 6.92 Å². The largest absolute Gasteiger partial charge is 0.495 e. The number of aryl methyl sites for hydroxylation is 1. The number of rotatable bonds is 2. The number of hydrogen-bond acceptors (Lipinski definition) is 2. The summed E-state index contributed by atoms with van der Waals surface area (Å²) in [6.07, 6.45) is 0. The maximum absolute atomic E-state index is 10.8. The fourth-order valence-corrected chi connectivity index (χ4v) is 1.85. The molecule has 2 aromatic carbocycles. The van der Waals surface area contributed by atoms with E-state index in [0.29, 0.717) is 5.75 Å². The fourth-order valence-electron chi connectivity index (χ4n) is 1.35. The Bertz CT molecular complexity index is 539. The third-order valence-corrected chi connectivity index (χ3v) is 2.93. The topological polar surface area (TPSA) is 26.3 Å². The Balaban J connectivity index is 0.000000218. The zero-order valence-electron chi connectivity index (χ0n) is 10.7. The lowest BCUT2D eigenvalue weighted by Crippen LogP contribution is -1.92. The number of halogens is 2. The van der Waals surface area contributed by atoms with E-state index in [2.05, 4.69) is 19.1 Å². The molecule has 0 aromatic heterocycles. The predicted octanol–water partition coefficient (Wildman–Crippen LogP) is 4.72. The molecular formula is C15H14Cl2O2. The summed E-state index contributed by atoms with van der Waals surface area (Å²) in [7, 11) is 1.48. The van der Waals surface area contributed by atoms with Gasteiger partial charge in [-0.05, 0) is 30.7 Å². The molecule has 0 aliphatic carbocycles. The van der Waals surface area contributed by atoms with Gasteiger partial charge in [-0.1, -0.05) is 53.6 Å². The summed E-state index contributed by atoms with van der Waals surface area (Å²) < 4.78 is 4.89. The first-order valence-corrected chi connectivity index (χ1v) is 6.36. The second-order valence-electron chi connectivity index (χ2n) is 3.75. The molecular weight excluding hydrogens is 283 g/mol. The number of carbonyl (C=O) groups is 1. The van der Waals surface area contributed by atoms with Crippen molar-refractivity contribution in [3.05, 3.63) is 64.7 Å². The third kappa shape index (κ3) is 4.93. The molecule has 0 saturated heterocycles. The number of ether oxygens (including phenoxy) is 1. The highest BCUT2D eigenvalue weighted by Crippen LogP contribution is 2.28. The van der Waals surface area contributed by atoms with Crippen molar-refractivity contribution in [3.8, 4) is 5.75 Å². The molecule has 0 spiro atoms. The van der Waals surface area contributed by atoms with Crippen molar-refractivity contribution in [1.29, 1.82) is 0 Å². The van der Waals surface area contributed by atoms with Crippen LogP contribution in [0.15, 0.2) is 48.5 Å². The van der Waals surface area contributed by atoms with E-state index < -0.39 is 5.24 Å². The van der Waals surface area contributed by atoms with Crippen LogP contribution in [0.25, 0.3) is 0 Å². The zero-order chi connectivity index (χ0) is 14.3. The molecule has 0 radical (unpaired) electrons. The van der Waals surface area contributed by atoms with E-state index >= 15 is 0 Å². The van der Waals surface area contributed by atoms with Crippen LogP contribution in [-0.2, 0) is 0 Å². The molecule has 0 atom stereocenters. The second kappa shape index (κ2) is 7.82. The average Bonchev–Trinajstić information content (AvgIpc) is 2.40. The highest BCUT2D eigenvalue weighted by Gasteiger charge is 2.10. The molecule has 0 amide bonds. The first-order chi connectivity index (χ1) is 9.06. The van der Waals surface area contributed by atoms with Gasteiger partial charge in [0, 0.05) is 0 Å². The van der Waals surface area contributed by atoms with Crippen LogP contribution in [0.5, 0.6) is 5.75 Å². The Labute approximate surface area is 122 Å². The van der Waals surface area contributed by atoms with E-state index in [9.17, 15) is 4.79 Å². The Morgan fingerprint density at radius 2 is 1.68 bits per heavy atom.